The lowest BCUT2D eigenvalue weighted by Crippen LogP contribution is -2.34. The molecule has 0 bridgehead atoms. The van der Waals surface area contributed by atoms with Crippen molar-refractivity contribution < 1.29 is 9.59 Å². The molecule has 0 radical (unpaired) electrons. The average molecular weight is 468 g/mol. The Kier molecular flexibility index (Phi) is 7.57. The first-order chi connectivity index (χ1) is 17.0. The van der Waals surface area contributed by atoms with Crippen molar-refractivity contribution in [3.63, 3.8) is 0 Å². The summed E-state index contributed by atoms with van der Waals surface area (Å²) in [4.78, 5) is 24.9. The van der Waals surface area contributed by atoms with Crippen LogP contribution in [-0.2, 0) is 13.1 Å². The molecule has 0 atom stereocenters. The van der Waals surface area contributed by atoms with E-state index in [-0.39, 0.29) is 18.0 Å². The van der Waals surface area contributed by atoms with Gasteiger partial charge in [0.1, 0.15) is 0 Å². The monoisotopic (exact) mass is 467 g/mol. The van der Waals surface area contributed by atoms with Gasteiger partial charge in [-0.15, -0.1) is 0 Å². The average Bonchev–Trinajstić information content (AvgIpc) is 3.26. The van der Waals surface area contributed by atoms with Crippen molar-refractivity contribution >= 4 is 17.6 Å². The number of hydrogen-bond donors (Lipinski definition) is 3. The van der Waals surface area contributed by atoms with Crippen LogP contribution in [0.3, 0.4) is 0 Å². The molecule has 0 spiro atoms. The summed E-state index contributed by atoms with van der Waals surface area (Å²) in [5, 5.41) is 13.3. The van der Waals surface area contributed by atoms with Gasteiger partial charge < -0.3 is 16.0 Å². The molecule has 35 heavy (non-hydrogen) atoms. The Morgan fingerprint density at radius 3 is 2.34 bits per heavy atom. The van der Waals surface area contributed by atoms with Crippen LogP contribution in [0.15, 0.2) is 91.1 Å². The number of benzene rings is 3. The Balaban J connectivity index is 1.49. The number of carbonyl (C=O) groups excluding carboxylic acids is 2. The van der Waals surface area contributed by atoms with Crippen molar-refractivity contribution in [1.82, 2.24) is 20.4 Å². The third-order valence-corrected chi connectivity index (χ3v) is 5.31. The number of aromatic nitrogens is 2. The number of rotatable bonds is 8. The highest BCUT2D eigenvalue weighted by Crippen LogP contribution is 2.22. The van der Waals surface area contributed by atoms with Gasteiger partial charge in [-0.3, -0.25) is 9.48 Å². The van der Waals surface area contributed by atoms with Crippen LogP contribution in [0.25, 0.3) is 11.3 Å². The molecule has 3 N–H and O–H groups in total. The van der Waals surface area contributed by atoms with Crippen LogP contribution in [-0.4, -0.2) is 27.8 Å². The van der Waals surface area contributed by atoms with Gasteiger partial charge in [-0.1, -0.05) is 66.7 Å². The van der Waals surface area contributed by atoms with Gasteiger partial charge in [0.05, 0.1) is 12.2 Å². The summed E-state index contributed by atoms with van der Waals surface area (Å²) in [6.07, 6.45) is 1.98. The Morgan fingerprint density at radius 1 is 0.914 bits per heavy atom. The van der Waals surface area contributed by atoms with E-state index in [1.165, 1.54) is 0 Å². The third kappa shape index (κ3) is 6.57. The molecule has 0 aliphatic heterocycles. The molecule has 3 aromatic carbocycles. The molecule has 178 valence electrons. The summed E-state index contributed by atoms with van der Waals surface area (Å²) in [6.45, 7) is 4.73. The summed E-state index contributed by atoms with van der Waals surface area (Å²) in [6, 6.07) is 26.6. The van der Waals surface area contributed by atoms with E-state index in [1.807, 2.05) is 73.3 Å². The van der Waals surface area contributed by atoms with Gasteiger partial charge in [-0.25, -0.2) is 4.79 Å². The number of carbonyl (C=O) groups is 2. The van der Waals surface area contributed by atoms with Gasteiger partial charge in [0, 0.05) is 41.2 Å². The van der Waals surface area contributed by atoms with Gasteiger partial charge >= 0.3 is 6.03 Å². The third-order valence-electron chi connectivity index (χ3n) is 5.31. The van der Waals surface area contributed by atoms with Crippen molar-refractivity contribution in [1.29, 1.82) is 0 Å². The highest BCUT2D eigenvalue weighted by atomic mass is 16.2. The van der Waals surface area contributed by atoms with Crippen LogP contribution in [0.5, 0.6) is 0 Å². The molecule has 0 unspecified atom stereocenters. The molecular weight excluding hydrogens is 438 g/mol. The summed E-state index contributed by atoms with van der Waals surface area (Å²) in [5.41, 5.74) is 4.91. The van der Waals surface area contributed by atoms with Gasteiger partial charge in [-0.05, 0) is 37.6 Å². The number of anilines is 1. The van der Waals surface area contributed by atoms with E-state index in [0.29, 0.717) is 24.3 Å². The highest BCUT2D eigenvalue weighted by Gasteiger charge is 2.14. The zero-order chi connectivity index (χ0) is 24.6. The van der Waals surface area contributed by atoms with Crippen molar-refractivity contribution in [2.45, 2.75) is 33.0 Å². The van der Waals surface area contributed by atoms with Crippen LogP contribution in [0, 0.1) is 0 Å². The molecule has 0 aliphatic carbocycles. The van der Waals surface area contributed by atoms with E-state index in [9.17, 15) is 9.59 Å². The molecule has 0 saturated carbocycles. The minimum Gasteiger partial charge on any atom is -0.348 e. The Bertz CT molecular complexity index is 1280. The van der Waals surface area contributed by atoms with E-state index < -0.39 is 0 Å². The smallest absolute Gasteiger partial charge is 0.319 e. The van der Waals surface area contributed by atoms with Crippen LogP contribution in [0.4, 0.5) is 10.5 Å². The predicted octanol–water partition coefficient (Wildman–Crippen LogP) is 5.06. The van der Waals surface area contributed by atoms with Crippen molar-refractivity contribution in [2.24, 2.45) is 0 Å². The van der Waals surface area contributed by atoms with Gasteiger partial charge in [-0.2, -0.15) is 5.10 Å². The van der Waals surface area contributed by atoms with Crippen LogP contribution >= 0.6 is 0 Å². The minimum absolute atomic E-state index is 0.0168. The molecule has 4 aromatic rings. The minimum atomic E-state index is -0.309. The summed E-state index contributed by atoms with van der Waals surface area (Å²) in [5.74, 6) is -0.229. The fourth-order valence-electron chi connectivity index (χ4n) is 3.73. The molecule has 7 nitrogen and oxygen atoms in total. The largest absolute Gasteiger partial charge is 0.348 e. The maximum atomic E-state index is 12.9. The Hall–Kier alpha value is -4.39. The van der Waals surface area contributed by atoms with E-state index in [0.717, 1.165) is 22.4 Å². The first kappa shape index (κ1) is 23.8. The number of amides is 3. The number of urea groups is 1. The Morgan fingerprint density at radius 2 is 1.63 bits per heavy atom. The SMILES string of the molecule is CC(C)NC(=O)Nc1cccc(C(=O)NCc2cn(Cc3ccccc3)nc2-c2ccccc2)c1. The van der Waals surface area contributed by atoms with E-state index >= 15 is 0 Å². The zero-order valence-electron chi connectivity index (χ0n) is 19.9. The summed E-state index contributed by atoms with van der Waals surface area (Å²) >= 11 is 0. The first-order valence-corrected chi connectivity index (χ1v) is 11.6. The normalized spacial score (nSPS) is 10.7. The lowest BCUT2D eigenvalue weighted by atomic mass is 10.1. The number of nitrogens with one attached hydrogen (secondary N) is 3. The molecule has 0 saturated heterocycles. The van der Waals surface area contributed by atoms with E-state index in [1.54, 1.807) is 24.3 Å². The fraction of sp³-hybridized carbons (Fsp3) is 0.179. The number of hydrogen-bond acceptors (Lipinski definition) is 3. The topological polar surface area (TPSA) is 88.0 Å². The van der Waals surface area contributed by atoms with Crippen molar-refractivity contribution in [3.8, 4) is 11.3 Å². The van der Waals surface area contributed by atoms with E-state index in [4.69, 9.17) is 5.10 Å². The maximum absolute atomic E-state index is 12.9. The molecular formula is C28H29N5O2. The number of nitrogens with zero attached hydrogens (tertiary/aromatic N) is 2. The fourth-order valence-corrected chi connectivity index (χ4v) is 3.73. The van der Waals surface area contributed by atoms with Crippen molar-refractivity contribution in [3.05, 3.63) is 108 Å². The molecule has 1 heterocycles. The van der Waals surface area contributed by atoms with Gasteiger partial charge in [0.25, 0.3) is 5.91 Å². The molecule has 0 aliphatic rings. The molecule has 7 heteroatoms. The zero-order valence-corrected chi connectivity index (χ0v) is 19.9. The molecule has 4 rings (SSSR count). The van der Waals surface area contributed by atoms with Gasteiger partial charge in [0.2, 0.25) is 0 Å². The quantitative estimate of drug-likeness (QED) is 0.339. The lowest BCUT2D eigenvalue weighted by molar-refractivity contribution is 0.0951. The van der Waals surface area contributed by atoms with Crippen LogP contribution in [0.2, 0.25) is 0 Å². The first-order valence-electron chi connectivity index (χ1n) is 11.6. The highest BCUT2D eigenvalue weighted by molar-refractivity contribution is 5.97. The standard InChI is InChI=1S/C28H29N5O2/c1-20(2)30-28(35)31-25-15-9-14-23(16-25)27(34)29-17-24-19-33(18-21-10-5-3-6-11-21)32-26(24)22-12-7-4-8-13-22/h3-16,19-20H,17-18H2,1-2H3,(H,29,34)(H2,30,31,35). The van der Waals surface area contributed by atoms with E-state index in [2.05, 4.69) is 28.1 Å². The second kappa shape index (κ2) is 11.2. The Labute approximate surface area is 205 Å². The summed E-state index contributed by atoms with van der Waals surface area (Å²) < 4.78 is 1.90. The van der Waals surface area contributed by atoms with Gasteiger partial charge in [0.15, 0.2) is 0 Å². The summed E-state index contributed by atoms with van der Waals surface area (Å²) in [7, 11) is 0. The van der Waals surface area contributed by atoms with Crippen LogP contribution in [0.1, 0.15) is 35.3 Å². The second-order valence-corrected chi connectivity index (χ2v) is 8.57. The van der Waals surface area contributed by atoms with Crippen molar-refractivity contribution in [2.75, 3.05) is 5.32 Å². The van der Waals surface area contributed by atoms with Crippen LogP contribution < -0.4 is 16.0 Å². The predicted molar refractivity (Wildman–Crippen MR) is 138 cm³/mol. The molecule has 1 aromatic heterocycles. The molecule has 0 fully saturated rings. The lowest BCUT2D eigenvalue weighted by Gasteiger charge is -2.11. The second-order valence-electron chi connectivity index (χ2n) is 8.57. The molecule has 3 amide bonds. The maximum Gasteiger partial charge on any atom is 0.319 e.